The van der Waals surface area contributed by atoms with Crippen molar-refractivity contribution in [2.45, 2.75) is 26.7 Å². The van der Waals surface area contributed by atoms with Gasteiger partial charge in [0.25, 0.3) is 0 Å². The van der Waals surface area contributed by atoms with Gasteiger partial charge in [0.15, 0.2) is 0 Å². The van der Waals surface area contributed by atoms with E-state index in [1.54, 1.807) is 36.5 Å². The van der Waals surface area contributed by atoms with Crippen molar-refractivity contribution in [2.24, 2.45) is 0 Å². The molecule has 4 N–H and O–H groups in total. The summed E-state index contributed by atoms with van der Waals surface area (Å²) in [5.41, 5.74) is 13.6. The van der Waals surface area contributed by atoms with Gasteiger partial charge in [-0.1, -0.05) is 55.7 Å². The zero-order chi connectivity index (χ0) is 28.5. The van der Waals surface area contributed by atoms with E-state index in [1.807, 2.05) is 38.1 Å². The third-order valence-corrected chi connectivity index (χ3v) is 6.51. The number of aromatic nitrogens is 2. The van der Waals surface area contributed by atoms with Crippen LogP contribution in [-0.2, 0) is 0 Å². The van der Waals surface area contributed by atoms with Crippen LogP contribution >= 0.6 is 0 Å². The van der Waals surface area contributed by atoms with Crippen LogP contribution in [0.15, 0.2) is 91.7 Å². The van der Waals surface area contributed by atoms with Crippen LogP contribution in [0.5, 0.6) is 0 Å². The van der Waals surface area contributed by atoms with Crippen LogP contribution in [-0.4, -0.2) is 41.2 Å². The van der Waals surface area contributed by atoms with E-state index in [-0.39, 0.29) is 11.5 Å². The minimum absolute atomic E-state index is 0.228. The van der Waals surface area contributed by atoms with E-state index < -0.39 is 0 Å². The van der Waals surface area contributed by atoms with Gasteiger partial charge in [-0.15, -0.1) is 0 Å². The second kappa shape index (κ2) is 13.5. The molecule has 2 heterocycles. The van der Waals surface area contributed by atoms with Crippen LogP contribution in [0, 0.1) is 18.2 Å². The Kier molecular flexibility index (Phi) is 10.1. The van der Waals surface area contributed by atoms with Gasteiger partial charge in [-0.25, -0.2) is 4.39 Å². The number of aryl methyl sites for hydroxylation is 1. The van der Waals surface area contributed by atoms with E-state index in [4.69, 9.17) is 11.1 Å². The van der Waals surface area contributed by atoms with Gasteiger partial charge in [-0.3, -0.25) is 10.4 Å². The lowest BCUT2D eigenvalue weighted by Gasteiger charge is -2.12. The molecule has 0 saturated heterocycles. The predicted octanol–water partition coefficient (Wildman–Crippen LogP) is 7.33. The van der Waals surface area contributed by atoms with Gasteiger partial charge in [-0.2, -0.15) is 0 Å². The van der Waals surface area contributed by atoms with Crippen molar-refractivity contribution in [3.63, 3.8) is 0 Å². The second-order valence-corrected chi connectivity index (χ2v) is 9.62. The van der Waals surface area contributed by atoms with Crippen molar-refractivity contribution >= 4 is 22.5 Å². The Bertz CT molecular complexity index is 1450. The summed E-state index contributed by atoms with van der Waals surface area (Å²) in [5, 5.41) is 9.01. The lowest BCUT2D eigenvalue weighted by molar-refractivity contribution is 0.400. The molecule has 5 nitrogen and oxygen atoms in total. The molecule has 39 heavy (non-hydrogen) atoms. The lowest BCUT2D eigenvalue weighted by Crippen LogP contribution is -2.12. The second-order valence-electron chi connectivity index (χ2n) is 9.62. The summed E-state index contributed by atoms with van der Waals surface area (Å²) in [6.45, 7) is 12.7. The monoisotopic (exact) mass is 523 g/mol. The van der Waals surface area contributed by atoms with E-state index in [9.17, 15) is 4.39 Å². The molecule has 3 aromatic rings. The number of nitrogens with one attached hydrogen (secondary N) is 2. The smallest absolute Gasteiger partial charge is 0.131 e. The minimum Gasteiger partial charge on any atom is -0.397 e. The summed E-state index contributed by atoms with van der Waals surface area (Å²) in [6.07, 6.45) is 12.9. The van der Waals surface area contributed by atoms with Crippen LogP contribution in [0.4, 0.5) is 10.1 Å². The number of hydrogen-bond acceptors (Lipinski definition) is 4. The molecule has 0 aliphatic heterocycles. The molecule has 6 heteroatoms. The molecule has 1 aromatic carbocycles. The highest BCUT2D eigenvalue weighted by atomic mass is 19.1. The number of nitrogens with zero attached hydrogens (tertiary/aromatic N) is 2. The van der Waals surface area contributed by atoms with E-state index in [2.05, 4.69) is 48.2 Å². The fourth-order valence-corrected chi connectivity index (χ4v) is 4.42. The maximum Gasteiger partial charge on any atom is 0.131 e. The van der Waals surface area contributed by atoms with Crippen molar-refractivity contribution < 1.29 is 4.39 Å². The van der Waals surface area contributed by atoms with Crippen molar-refractivity contribution in [3.05, 3.63) is 131 Å². The number of halogens is 1. The Morgan fingerprint density at radius 3 is 2.54 bits per heavy atom. The highest BCUT2D eigenvalue weighted by molar-refractivity contribution is 6.13. The van der Waals surface area contributed by atoms with Crippen molar-refractivity contribution in [3.8, 4) is 0 Å². The summed E-state index contributed by atoms with van der Waals surface area (Å²) in [5.74, 6) is -0.321. The van der Waals surface area contributed by atoms with Crippen LogP contribution in [0.1, 0.15) is 53.5 Å². The normalized spacial score (nSPS) is 12.6. The van der Waals surface area contributed by atoms with Gasteiger partial charge >= 0.3 is 0 Å². The molecule has 0 unspecified atom stereocenters. The lowest BCUT2D eigenvalue weighted by atomic mass is 9.96. The van der Waals surface area contributed by atoms with Crippen LogP contribution in [0.3, 0.4) is 0 Å². The Morgan fingerprint density at radius 2 is 1.90 bits per heavy atom. The zero-order valence-electron chi connectivity index (χ0n) is 23.3. The van der Waals surface area contributed by atoms with Crippen LogP contribution < -0.4 is 5.73 Å². The number of allylic oxidation sites excluding steroid dienone is 7. The molecule has 2 aromatic heterocycles. The average Bonchev–Trinajstić information content (AvgIpc) is 3.30. The van der Waals surface area contributed by atoms with Gasteiger partial charge in [0.2, 0.25) is 0 Å². The van der Waals surface area contributed by atoms with Gasteiger partial charge in [-0.05, 0) is 88.3 Å². The molecule has 202 valence electrons. The molecule has 0 fully saturated rings. The van der Waals surface area contributed by atoms with Gasteiger partial charge in [0.05, 0.1) is 29.0 Å². The first-order chi connectivity index (χ1) is 18.7. The van der Waals surface area contributed by atoms with Gasteiger partial charge in [0.1, 0.15) is 5.82 Å². The number of anilines is 1. The third kappa shape index (κ3) is 7.18. The first-order valence-electron chi connectivity index (χ1n) is 13.0. The molecule has 0 spiro atoms. The maximum absolute atomic E-state index is 14.7. The number of pyridine rings is 1. The summed E-state index contributed by atoms with van der Waals surface area (Å²) >= 11 is 0. The van der Waals surface area contributed by atoms with Crippen LogP contribution in [0.2, 0.25) is 0 Å². The van der Waals surface area contributed by atoms with E-state index >= 15 is 0 Å². The van der Waals surface area contributed by atoms with Gasteiger partial charge in [0, 0.05) is 22.4 Å². The number of hydrogen-bond donors (Lipinski definition) is 3. The maximum atomic E-state index is 14.7. The summed E-state index contributed by atoms with van der Waals surface area (Å²) in [4.78, 5) is 10.0. The molecule has 0 aliphatic carbocycles. The third-order valence-electron chi connectivity index (χ3n) is 6.51. The van der Waals surface area contributed by atoms with Gasteiger partial charge < -0.3 is 15.6 Å². The molecule has 0 atom stereocenters. The Labute approximate surface area is 231 Å². The summed E-state index contributed by atoms with van der Waals surface area (Å²) < 4.78 is 14.7. The molecule has 0 amide bonds. The zero-order valence-corrected chi connectivity index (χ0v) is 23.3. The summed E-state index contributed by atoms with van der Waals surface area (Å²) in [6, 6.07) is 10.3. The number of H-pyrrole nitrogens is 1. The largest absolute Gasteiger partial charge is 0.397 e. The minimum atomic E-state index is -0.321. The highest BCUT2D eigenvalue weighted by Gasteiger charge is 2.18. The number of nitrogen functional groups attached to an aromatic ring is 1. The molecular weight excluding hydrogens is 485 g/mol. The first-order valence-corrected chi connectivity index (χ1v) is 13.0. The Balaban J connectivity index is 1.97. The SMILES string of the molecule is C=C/C=C(/c1ccccc1F)c1cc(C(=N)c2cc(C(/C=C(\C=C)CCCN(C)C)=C/C)ncc2N)[nH]c1C. The van der Waals surface area contributed by atoms with Crippen molar-refractivity contribution in [1.29, 1.82) is 5.41 Å². The Hall–Kier alpha value is -4.29. The van der Waals surface area contributed by atoms with Crippen molar-refractivity contribution in [1.82, 2.24) is 14.9 Å². The standard InChI is InChI=1S/C33H38FN5/c1-7-13-25(26-15-10-11-16-29(26)34)27-19-32(38-22(27)4)33(36)28-20-31(37-21-30(28)35)24(9-3)18-23(8-2)14-12-17-39(5)6/h7-11,13,15-16,18-21,36,38H,1-2,12,14,17,35H2,3-6H3/b23-18+,24-9+,25-13-,36-33?. The van der Waals surface area contributed by atoms with E-state index in [0.29, 0.717) is 28.1 Å². The highest BCUT2D eigenvalue weighted by Crippen LogP contribution is 2.30. The molecule has 0 aliphatic rings. The fourth-order valence-electron chi connectivity index (χ4n) is 4.42. The van der Waals surface area contributed by atoms with Crippen molar-refractivity contribution in [2.75, 3.05) is 26.4 Å². The summed E-state index contributed by atoms with van der Waals surface area (Å²) in [7, 11) is 4.13. The molecule has 0 radical (unpaired) electrons. The average molecular weight is 524 g/mol. The predicted molar refractivity (Wildman–Crippen MR) is 164 cm³/mol. The molecule has 3 rings (SSSR count). The molecule has 0 bridgehead atoms. The number of rotatable bonds is 12. The Morgan fingerprint density at radius 1 is 1.15 bits per heavy atom. The first kappa shape index (κ1) is 29.3. The number of nitrogens with two attached hydrogens (primary N) is 1. The quantitative estimate of drug-likeness (QED) is 0.172. The topological polar surface area (TPSA) is 81.8 Å². The fraction of sp³-hybridized carbons (Fsp3) is 0.212. The molecular formula is C33H38FN5. The van der Waals surface area contributed by atoms with E-state index in [1.165, 1.54) is 6.07 Å². The molecule has 0 saturated carbocycles. The van der Waals surface area contributed by atoms with E-state index in [0.717, 1.165) is 47.5 Å². The number of aromatic amines is 1. The van der Waals surface area contributed by atoms with Crippen LogP contribution in [0.25, 0.3) is 11.1 Å². The number of benzene rings is 1.